The molecule has 0 aromatic heterocycles. The molecule has 3 nitrogen and oxygen atoms in total. The molecule has 80 valence electrons. The minimum atomic E-state index is -0.405. The molecule has 0 aliphatic heterocycles. The van der Waals surface area contributed by atoms with Crippen molar-refractivity contribution >= 4 is 39.3 Å². The number of nitrogens with zero attached hydrogens (tertiary/aromatic N) is 1. The van der Waals surface area contributed by atoms with E-state index in [0.29, 0.717) is 15.9 Å². The molecular formula is C10H9BrClNO2. The van der Waals surface area contributed by atoms with Gasteiger partial charge in [0, 0.05) is 16.4 Å². The Labute approximate surface area is 101 Å². The normalized spacial score (nSPS) is 11.5. The van der Waals surface area contributed by atoms with Crippen LogP contribution in [0.15, 0.2) is 28.2 Å². The van der Waals surface area contributed by atoms with E-state index in [-0.39, 0.29) is 5.69 Å². The van der Waals surface area contributed by atoms with Gasteiger partial charge in [-0.1, -0.05) is 21.5 Å². The van der Waals surface area contributed by atoms with Crippen molar-refractivity contribution in [2.45, 2.75) is 6.92 Å². The molecule has 5 heteroatoms. The first-order valence-corrected chi connectivity index (χ1v) is 5.54. The highest BCUT2D eigenvalue weighted by molar-refractivity contribution is 9.10. The van der Waals surface area contributed by atoms with Gasteiger partial charge in [0.05, 0.1) is 10.5 Å². The maximum Gasteiger partial charge on any atom is 0.277 e. The van der Waals surface area contributed by atoms with Crippen LogP contribution in [0.4, 0.5) is 5.69 Å². The first-order chi connectivity index (χ1) is 7.04. The van der Waals surface area contributed by atoms with Crippen molar-refractivity contribution in [3.63, 3.8) is 0 Å². The summed E-state index contributed by atoms with van der Waals surface area (Å²) in [4.78, 5) is 10.4. The number of alkyl halides is 1. The molecule has 0 N–H and O–H groups in total. The Hall–Kier alpha value is -0.870. The molecule has 0 aliphatic rings. The Morgan fingerprint density at radius 2 is 2.33 bits per heavy atom. The maximum absolute atomic E-state index is 10.8. The summed E-state index contributed by atoms with van der Waals surface area (Å²) < 4.78 is 0.690. The second kappa shape index (κ2) is 5.28. The number of allylic oxidation sites excluding steroid dienone is 1. The van der Waals surface area contributed by atoms with Crippen LogP contribution in [-0.2, 0) is 0 Å². The summed E-state index contributed by atoms with van der Waals surface area (Å²) in [5, 5.41) is 10.8. The minimum Gasteiger partial charge on any atom is -0.258 e. The Morgan fingerprint density at radius 3 is 2.87 bits per heavy atom. The fraction of sp³-hybridized carbons (Fsp3) is 0.200. The molecule has 0 aliphatic carbocycles. The van der Waals surface area contributed by atoms with Gasteiger partial charge < -0.3 is 0 Å². The van der Waals surface area contributed by atoms with Crippen molar-refractivity contribution in [3.05, 3.63) is 43.9 Å². The van der Waals surface area contributed by atoms with Crippen LogP contribution in [0.3, 0.4) is 0 Å². The van der Waals surface area contributed by atoms with Crippen LogP contribution < -0.4 is 0 Å². The number of nitro groups is 1. The fourth-order valence-corrected chi connectivity index (χ4v) is 1.53. The van der Waals surface area contributed by atoms with Crippen LogP contribution in [0.2, 0.25) is 0 Å². The van der Waals surface area contributed by atoms with E-state index in [9.17, 15) is 10.1 Å². The van der Waals surface area contributed by atoms with Gasteiger partial charge in [-0.3, -0.25) is 10.1 Å². The van der Waals surface area contributed by atoms with Crippen LogP contribution in [-0.4, -0.2) is 10.8 Å². The number of hydrogen-bond donors (Lipinski definition) is 0. The van der Waals surface area contributed by atoms with E-state index in [4.69, 9.17) is 11.6 Å². The second-order valence-electron chi connectivity index (χ2n) is 3.08. The third-order valence-corrected chi connectivity index (χ3v) is 2.72. The van der Waals surface area contributed by atoms with E-state index >= 15 is 0 Å². The van der Waals surface area contributed by atoms with Gasteiger partial charge in [-0.15, -0.1) is 11.6 Å². The lowest BCUT2D eigenvalue weighted by molar-refractivity contribution is -0.385. The lowest BCUT2D eigenvalue weighted by Gasteiger charge is -2.00. The predicted octanol–water partition coefficient (Wildman–Crippen LogP) is 4.00. The third-order valence-electron chi connectivity index (χ3n) is 1.80. The number of halogens is 2. The highest BCUT2D eigenvalue weighted by atomic mass is 79.9. The van der Waals surface area contributed by atoms with Crippen molar-refractivity contribution in [2.24, 2.45) is 0 Å². The molecular weight excluding hydrogens is 281 g/mol. The summed E-state index contributed by atoms with van der Waals surface area (Å²) in [6.45, 7) is 1.83. The van der Waals surface area contributed by atoms with Gasteiger partial charge in [0.15, 0.2) is 0 Å². The van der Waals surface area contributed by atoms with Crippen LogP contribution in [0.1, 0.15) is 12.5 Å². The summed E-state index contributed by atoms with van der Waals surface area (Å²) in [5.74, 6) is 0.368. The molecule has 0 saturated carbocycles. The molecule has 0 atom stereocenters. The summed E-state index contributed by atoms with van der Waals surface area (Å²) in [6.07, 6.45) is 1.72. The molecule has 1 rings (SSSR count). The topological polar surface area (TPSA) is 43.1 Å². The van der Waals surface area contributed by atoms with E-state index in [1.54, 1.807) is 18.2 Å². The van der Waals surface area contributed by atoms with E-state index in [1.165, 1.54) is 6.07 Å². The standard InChI is InChI=1S/C10H9BrClNO2/c1-7(6-12)4-8-2-3-9(11)5-10(8)13(14)15/h2-5H,6H2,1H3/b7-4-. The molecule has 0 spiro atoms. The van der Waals surface area contributed by atoms with Gasteiger partial charge in [-0.25, -0.2) is 0 Å². The molecule has 0 fully saturated rings. The zero-order valence-electron chi connectivity index (χ0n) is 8.04. The van der Waals surface area contributed by atoms with Gasteiger partial charge in [0.25, 0.3) is 5.69 Å². The average molecular weight is 291 g/mol. The van der Waals surface area contributed by atoms with Crippen LogP contribution in [0, 0.1) is 10.1 Å². The van der Waals surface area contributed by atoms with E-state index < -0.39 is 4.92 Å². The molecule has 1 aromatic carbocycles. The summed E-state index contributed by atoms with van der Waals surface area (Å²) in [7, 11) is 0. The van der Waals surface area contributed by atoms with Crippen molar-refractivity contribution in [2.75, 3.05) is 5.88 Å². The molecule has 15 heavy (non-hydrogen) atoms. The summed E-state index contributed by atoms with van der Waals surface area (Å²) in [5.41, 5.74) is 1.54. The molecule has 0 radical (unpaired) electrons. The first kappa shape index (κ1) is 12.2. The monoisotopic (exact) mass is 289 g/mol. The number of rotatable bonds is 3. The quantitative estimate of drug-likeness (QED) is 0.480. The van der Waals surface area contributed by atoms with Gasteiger partial charge in [0.1, 0.15) is 0 Å². The predicted molar refractivity (Wildman–Crippen MR) is 65.2 cm³/mol. The van der Waals surface area contributed by atoms with Gasteiger partial charge in [0.2, 0.25) is 0 Å². The lowest BCUT2D eigenvalue weighted by Crippen LogP contribution is -1.92. The first-order valence-electron chi connectivity index (χ1n) is 4.21. The van der Waals surface area contributed by atoms with Gasteiger partial charge >= 0.3 is 0 Å². The molecule has 0 saturated heterocycles. The van der Waals surface area contributed by atoms with Gasteiger partial charge in [-0.2, -0.15) is 0 Å². The van der Waals surface area contributed by atoms with Crippen molar-refractivity contribution in [1.82, 2.24) is 0 Å². The Bertz CT molecular complexity index is 418. The minimum absolute atomic E-state index is 0.0776. The summed E-state index contributed by atoms with van der Waals surface area (Å²) >= 11 is 8.81. The average Bonchev–Trinajstić information content (AvgIpc) is 2.20. The van der Waals surface area contributed by atoms with Crippen molar-refractivity contribution in [1.29, 1.82) is 0 Å². The lowest BCUT2D eigenvalue weighted by atomic mass is 10.1. The zero-order valence-corrected chi connectivity index (χ0v) is 10.4. The second-order valence-corrected chi connectivity index (χ2v) is 4.27. The van der Waals surface area contributed by atoms with Crippen molar-refractivity contribution in [3.8, 4) is 0 Å². The molecule has 0 bridgehead atoms. The highest BCUT2D eigenvalue weighted by Gasteiger charge is 2.11. The maximum atomic E-state index is 10.8. The Morgan fingerprint density at radius 1 is 1.67 bits per heavy atom. The zero-order chi connectivity index (χ0) is 11.4. The fourth-order valence-electron chi connectivity index (χ4n) is 1.10. The number of nitro benzene ring substituents is 1. The number of hydrogen-bond acceptors (Lipinski definition) is 2. The SMILES string of the molecule is C/C(=C/c1ccc(Br)cc1[N+](=O)[O-])CCl. The Kier molecular flexibility index (Phi) is 4.29. The summed E-state index contributed by atoms with van der Waals surface area (Å²) in [6, 6.07) is 4.94. The van der Waals surface area contributed by atoms with E-state index in [1.807, 2.05) is 6.92 Å². The molecule has 0 unspecified atom stereocenters. The van der Waals surface area contributed by atoms with E-state index in [0.717, 1.165) is 5.57 Å². The van der Waals surface area contributed by atoms with Crippen LogP contribution in [0.25, 0.3) is 6.08 Å². The van der Waals surface area contributed by atoms with Crippen molar-refractivity contribution < 1.29 is 4.92 Å². The molecule has 1 aromatic rings. The smallest absolute Gasteiger partial charge is 0.258 e. The molecule has 0 heterocycles. The van der Waals surface area contributed by atoms with Gasteiger partial charge in [-0.05, 0) is 25.1 Å². The largest absolute Gasteiger partial charge is 0.277 e. The number of benzene rings is 1. The van der Waals surface area contributed by atoms with Crippen LogP contribution in [0.5, 0.6) is 0 Å². The molecule has 0 amide bonds. The van der Waals surface area contributed by atoms with Crippen LogP contribution >= 0.6 is 27.5 Å². The van der Waals surface area contributed by atoms with E-state index in [2.05, 4.69) is 15.9 Å². The Balaban J connectivity index is 3.23. The third kappa shape index (κ3) is 3.32. The highest BCUT2D eigenvalue weighted by Crippen LogP contribution is 2.25.